The first-order valence-corrected chi connectivity index (χ1v) is 9.06. The molecule has 1 saturated heterocycles. The van der Waals surface area contributed by atoms with Gasteiger partial charge >= 0.3 is 0 Å². The van der Waals surface area contributed by atoms with Crippen LogP contribution in [0.3, 0.4) is 0 Å². The number of likely N-dealkylation sites (tertiary alicyclic amines) is 1. The zero-order valence-corrected chi connectivity index (χ0v) is 14.5. The largest absolute Gasteiger partial charge is 0.451 e. The van der Waals surface area contributed by atoms with E-state index in [1.165, 1.54) is 12.7 Å². The van der Waals surface area contributed by atoms with Crippen LogP contribution in [0.4, 0.5) is 0 Å². The number of oxazole rings is 1. The van der Waals surface area contributed by atoms with Crippen molar-refractivity contribution in [3.8, 4) is 0 Å². The van der Waals surface area contributed by atoms with E-state index in [4.69, 9.17) is 4.42 Å². The normalized spacial score (nSPS) is 24.5. The Morgan fingerprint density at radius 2 is 2.15 bits per heavy atom. The fourth-order valence-electron chi connectivity index (χ4n) is 4.06. The van der Waals surface area contributed by atoms with Crippen molar-refractivity contribution in [2.45, 2.75) is 19.3 Å². The summed E-state index contributed by atoms with van der Waals surface area (Å²) in [6.45, 7) is 1.97. The standard InChI is InChI=1S/C19H22N4O3/c24-18(21-7-3-13-1-5-20-6-2-13)15-9-14-4-8-23(10-16(14)15)19(25)17-11-26-12-22-17/h1-2,5-6,11-12,14-16H,3-4,7-10H2,(H,21,24)/t14-,15-,16-/m1/s1. The van der Waals surface area contributed by atoms with Crippen molar-refractivity contribution in [3.63, 3.8) is 0 Å². The third-order valence-electron chi connectivity index (χ3n) is 5.62. The molecular weight excluding hydrogens is 332 g/mol. The zero-order chi connectivity index (χ0) is 17.9. The lowest BCUT2D eigenvalue weighted by Gasteiger charge is -2.50. The molecule has 26 heavy (non-hydrogen) atoms. The van der Waals surface area contributed by atoms with Gasteiger partial charge in [-0.25, -0.2) is 4.98 Å². The number of pyridine rings is 1. The maximum absolute atomic E-state index is 12.5. The van der Waals surface area contributed by atoms with Crippen molar-refractivity contribution in [2.24, 2.45) is 17.8 Å². The number of aromatic nitrogens is 2. The molecule has 2 aromatic heterocycles. The highest BCUT2D eigenvalue weighted by molar-refractivity contribution is 5.92. The molecular formula is C19H22N4O3. The van der Waals surface area contributed by atoms with Crippen molar-refractivity contribution in [1.82, 2.24) is 20.2 Å². The molecule has 2 fully saturated rings. The summed E-state index contributed by atoms with van der Waals surface area (Å²) in [6.07, 6.45) is 8.84. The van der Waals surface area contributed by atoms with Gasteiger partial charge in [0.15, 0.2) is 12.1 Å². The molecule has 1 aliphatic heterocycles. The average Bonchev–Trinajstić information content (AvgIpc) is 3.18. The molecule has 2 aromatic rings. The van der Waals surface area contributed by atoms with Gasteiger partial charge in [-0.2, -0.15) is 0 Å². The number of hydrogen-bond acceptors (Lipinski definition) is 5. The molecule has 1 aliphatic carbocycles. The molecule has 136 valence electrons. The van der Waals surface area contributed by atoms with Crippen LogP contribution in [0, 0.1) is 17.8 Å². The van der Waals surface area contributed by atoms with Crippen LogP contribution < -0.4 is 5.32 Å². The van der Waals surface area contributed by atoms with Gasteiger partial charge in [-0.05, 0) is 48.8 Å². The number of carbonyl (C=O) groups excluding carboxylic acids is 2. The summed E-state index contributed by atoms with van der Waals surface area (Å²) in [5.41, 5.74) is 1.50. The van der Waals surface area contributed by atoms with E-state index in [-0.39, 0.29) is 23.7 Å². The predicted molar refractivity (Wildman–Crippen MR) is 93.1 cm³/mol. The number of piperidine rings is 1. The Bertz CT molecular complexity index is 762. The highest BCUT2D eigenvalue weighted by atomic mass is 16.3. The summed E-state index contributed by atoms with van der Waals surface area (Å²) >= 11 is 0. The SMILES string of the molecule is O=C(NCCc1ccncc1)[C@@H]1C[C@H]2CCN(C(=O)c3cocn3)C[C@H]21. The van der Waals surface area contributed by atoms with Gasteiger partial charge in [-0.15, -0.1) is 0 Å². The number of rotatable bonds is 5. The number of nitrogens with zero attached hydrogens (tertiary/aromatic N) is 3. The Kier molecular flexibility index (Phi) is 4.69. The minimum Gasteiger partial charge on any atom is -0.451 e. The summed E-state index contributed by atoms with van der Waals surface area (Å²) in [7, 11) is 0. The molecule has 3 atom stereocenters. The van der Waals surface area contributed by atoms with Crippen molar-refractivity contribution in [2.75, 3.05) is 19.6 Å². The quantitative estimate of drug-likeness (QED) is 0.880. The molecule has 4 rings (SSSR count). The smallest absolute Gasteiger partial charge is 0.275 e. The summed E-state index contributed by atoms with van der Waals surface area (Å²) in [4.78, 5) is 34.7. The lowest BCUT2D eigenvalue weighted by atomic mass is 9.61. The van der Waals surface area contributed by atoms with Gasteiger partial charge in [-0.1, -0.05) is 0 Å². The maximum atomic E-state index is 12.5. The summed E-state index contributed by atoms with van der Waals surface area (Å²) < 4.78 is 4.90. The van der Waals surface area contributed by atoms with Crippen molar-refractivity contribution in [3.05, 3.63) is 48.4 Å². The Morgan fingerprint density at radius 1 is 1.31 bits per heavy atom. The average molecular weight is 354 g/mol. The number of carbonyl (C=O) groups is 2. The molecule has 2 aliphatic rings. The molecule has 0 radical (unpaired) electrons. The third-order valence-corrected chi connectivity index (χ3v) is 5.62. The second kappa shape index (κ2) is 7.27. The molecule has 3 heterocycles. The predicted octanol–water partition coefficient (Wildman–Crippen LogP) is 1.53. The van der Waals surface area contributed by atoms with Gasteiger partial charge in [-0.3, -0.25) is 14.6 Å². The number of amides is 2. The van der Waals surface area contributed by atoms with E-state index in [1.807, 2.05) is 12.1 Å². The molecule has 2 amide bonds. The van der Waals surface area contributed by atoms with Gasteiger partial charge in [0.25, 0.3) is 5.91 Å². The van der Waals surface area contributed by atoms with E-state index in [0.29, 0.717) is 24.7 Å². The van der Waals surface area contributed by atoms with Crippen LogP contribution in [0.15, 0.2) is 41.6 Å². The lowest BCUT2D eigenvalue weighted by molar-refractivity contribution is -0.136. The van der Waals surface area contributed by atoms with E-state index in [9.17, 15) is 9.59 Å². The molecule has 1 N–H and O–H groups in total. The first-order chi connectivity index (χ1) is 12.7. The second-order valence-corrected chi connectivity index (χ2v) is 7.08. The van der Waals surface area contributed by atoms with Gasteiger partial charge < -0.3 is 14.6 Å². The van der Waals surface area contributed by atoms with Gasteiger partial charge in [0, 0.05) is 37.9 Å². The number of nitrogens with one attached hydrogen (secondary N) is 1. The number of hydrogen-bond donors (Lipinski definition) is 1. The molecule has 0 unspecified atom stereocenters. The van der Waals surface area contributed by atoms with Gasteiger partial charge in [0.05, 0.1) is 0 Å². The highest BCUT2D eigenvalue weighted by Crippen LogP contribution is 2.45. The summed E-state index contributed by atoms with van der Waals surface area (Å²) in [5, 5.41) is 3.05. The molecule has 0 spiro atoms. The number of fused-ring (bicyclic) bond motifs is 1. The van der Waals surface area contributed by atoms with Crippen LogP contribution in [-0.4, -0.2) is 46.3 Å². The Morgan fingerprint density at radius 3 is 2.92 bits per heavy atom. The van der Waals surface area contributed by atoms with E-state index in [2.05, 4.69) is 15.3 Å². The highest BCUT2D eigenvalue weighted by Gasteiger charge is 2.48. The van der Waals surface area contributed by atoms with Crippen molar-refractivity contribution < 1.29 is 14.0 Å². The van der Waals surface area contributed by atoms with Crippen molar-refractivity contribution in [1.29, 1.82) is 0 Å². The van der Waals surface area contributed by atoms with E-state index in [1.54, 1.807) is 17.3 Å². The first-order valence-electron chi connectivity index (χ1n) is 9.06. The molecule has 1 saturated carbocycles. The van der Waals surface area contributed by atoms with Crippen molar-refractivity contribution >= 4 is 11.8 Å². The van der Waals surface area contributed by atoms with Crippen LogP contribution in [-0.2, 0) is 11.2 Å². The first kappa shape index (κ1) is 16.8. The Labute approximate surface area is 151 Å². The Hall–Kier alpha value is -2.70. The Balaban J connectivity index is 1.29. The van der Waals surface area contributed by atoms with Crippen LogP contribution in [0.25, 0.3) is 0 Å². The molecule has 0 aromatic carbocycles. The van der Waals surface area contributed by atoms with Gasteiger partial charge in [0.2, 0.25) is 5.91 Å². The van der Waals surface area contributed by atoms with E-state index in [0.717, 1.165) is 31.4 Å². The maximum Gasteiger partial charge on any atom is 0.275 e. The minimum absolute atomic E-state index is 0.00495. The van der Waals surface area contributed by atoms with E-state index < -0.39 is 0 Å². The second-order valence-electron chi connectivity index (χ2n) is 7.08. The summed E-state index contributed by atoms with van der Waals surface area (Å²) in [5.74, 6) is 0.801. The zero-order valence-electron chi connectivity index (χ0n) is 14.5. The minimum atomic E-state index is -0.110. The monoisotopic (exact) mass is 354 g/mol. The van der Waals surface area contributed by atoms with E-state index >= 15 is 0 Å². The third kappa shape index (κ3) is 3.34. The molecule has 0 bridgehead atoms. The molecule has 7 nitrogen and oxygen atoms in total. The molecule has 7 heteroatoms. The lowest BCUT2D eigenvalue weighted by Crippen LogP contribution is -2.56. The fourth-order valence-corrected chi connectivity index (χ4v) is 4.06. The fraction of sp³-hybridized carbons (Fsp3) is 0.474. The topological polar surface area (TPSA) is 88.3 Å². The van der Waals surface area contributed by atoms with Crippen LogP contribution in [0.2, 0.25) is 0 Å². The van der Waals surface area contributed by atoms with Crippen LogP contribution >= 0.6 is 0 Å². The van der Waals surface area contributed by atoms with Crippen LogP contribution in [0.5, 0.6) is 0 Å². The van der Waals surface area contributed by atoms with Gasteiger partial charge in [0.1, 0.15) is 6.26 Å². The van der Waals surface area contributed by atoms with Crippen LogP contribution in [0.1, 0.15) is 28.9 Å². The summed E-state index contributed by atoms with van der Waals surface area (Å²) in [6, 6.07) is 3.92.